The van der Waals surface area contributed by atoms with Crippen molar-refractivity contribution in [3.63, 3.8) is 0 Å². The molecule has 2 heterocycles. The first-order chi connectivity index (χ1) is 10.1. The van der Waals surface area contributed by atoms with Crippen LogP contribution in [0.5, 0.6) is 0 Å². The number of rotatable bonds is 4. The van der Waals surface area contributed by atoms with E-state index in [1.807, 2.05) is 19.1 Å². The van der Waals surface area contributed by atoms with Crippen molar-refractivity contribution < 1.29 is 4.79 Å². The highest BCUT2D eigenvalue weighted by Crippen LogP contribution is 2.32. The van der Waals surface area contributed by atoms with E-state index in [0.717, 1.165) is 22.9 Å². The standard InChI is InChI=1S/C17H23BrN2O/c1-11(13-2-4-14(18)5-3-13)19-17(21)10-12-8-15-6-7-16(9-12)20-15/h2-5,11-12,15-16,20H,6-10H2,1H3,(H,19,21)/t11-,12?,15?,16?/m0/s1. The SMILES string of the molecule is C[C@H](NC(=O)CC1CC2CCC(C1)N2)c1ccc(Br)cc1. The lowest BCUT2D eigenvalue weighted by molar-refractivity contribution is -0.122. The Morgan fingerprint density at radius 2 is 1.90 bits per heavy atom. The lowest BCUT2D eigenvalue weighted by atomic mass is 9.89. The van der Waals surface area contributed by atoms with Gasteiger partial charge in [-0.2, -0.15) is 0 Å². The van der Waals surface area contributed by atoms with Gasteiger partial charge in [0.05, 0.1) is 6.04 Å². The minimum Gasteiger partial charge on any atom is -0.350 e. The van der Waals surface area contributed by atoms with Gasteiger partial charge in [-0.25, -0.2) is 0 Å². The van der Waals surface area contributed by atoms with Crippen LogP contribution in [0, 0.1) is 5.92 Å². The fraction of sp³-hybridized carbons (Fsp3) is 0.588. The molecule has 4 heteroatoms. The van der Waals surface area contributed by atoms with E-state index in [9.17, 15) is 4.79 Å². The second-order valence-corrected chi connectivity index (χ2v) is 7.44. The summed E-state index contributed by atoms with van der Waals surface area (Å²) in [6.45, 7) is 2.05. The van der Waals surface area contributed by atoms with Crippen molar-refractivity contribution >= 4 is 21.8 Å². The highest BCUT2D eigenvalue weighted by Gasteiger charge is 2.34. The largest absolute Gasteiger partial charge is 0.350 e. The van der Waals surface area contributed by atoms with E-state index in [0.29, 0.717) is 24.4 Å². The minimum atomic E-state index is 0.0732. The van der Waals surface area contributed by atoms with Crippen molar-refractivity contribution in [1.82, 2.24) is 10.6 Å². The third-order valence-corrected chi connectivity index (χ3v) is 5.32. The zero-order valence-electron chi connectivity index (χ0n) is 12.4. The van der Waals surface area contributed by atoms with E-state index in [1.165, 1.54) is 12.8 Å². The molecule has 2 fully saturated rings. The second-order valence-electron chi connectivity index (χ2n) is 6.52. The number of carbonyl (C=O) groups excluding carboxylic acids is 1. The molecule has 1 aromatic rings. The molecule has 2 saturated heterocycles. The molecule has 2 N–H and O–H groups in total. The molecule has 3 rings (SSSR count). The Labute approximate surface area is 135 Å². The van der Waals surface area contributed by atoms with Crippen LogP contribution in [0.2, 0.25) is 0 Å². The zero-order chi connectivity index (χ0) is 14.8. The Morgan fingerprint density at radius 1 is 1.29 bits per heavy atom. The molecular weight excluding hydrogens is 328 g/mol. The maximum Gasteiger partial charge on any atom is 0.220 e. The first kappa shape index (κ1) is 15.0. The van der Waals surface area contributed by atoms with Gasteiger partial charge in [0.2, 0.25) is 5.91 Å². The Kier molecular flexibility index (Phi) is 4.65. The van der Waals surface area contributed by atoms with Crippen LogP contribution in [0.3, 0.4) is 0 Å². The van der Waals surface area contributed by atoms with Crippen molar-refractivity contribution in [3.05, 3.63) is 34.3 Å². The summed E-state index contributed by atoms with van der Waals surface area (Å²) in [5.41, 5.74) is 1.15. The van der Waals surface area contributed by atoms with E-state index in [1.54, 1.807) is 0 Å². The van der Waals surface area contributed by atoms with Gasteiger partial charge in [0.1, 0.15) is 0 Å². The monoisotopic (exact) mass is 350 g/mol. The lowest BCUT2D eigenvalue weighted by Gasteiger charge is -2.29. The Balaban J connectivity index is 1.50. The number of piperidine rings is 1. The summed E-state index contributed by atoms with van der Waals surface area (Å²) in [4.78, 5) is 12.3. The third kappa shape index (κ3) is 3.86. The van der Waals surface area contributed by atoms with Crippen molar-refractivity contribution in [2.75, 3.05) is 0 Å². The number of halogens is 1. The fourth-order valence-electron chi connectivity index (χ4n) is 3.74. The van der Waals surface area contributed by atoms with E-state index in [4.69, 9.17) is 0 Å². The zero-order valence-corrected chi connectivity index (χ0v) is 14.0. The maximum absolute atomic E-state index is 12.3. The van der Waals surface area contributed by atoms with Gasteiger partial charge in [-0.05, 0) is 56.2 Å². The molecule has 0 aromatic heterocycles. The third-order valence-electron chi connectivity index (χ3n) is 4.79. The molecule has 114 valence electrons. The maximum atomic E-state index is 12.3. The van der Waals surface area contributed by atoms with Gasteiger partial charge in [0.15, 0.2) is 0 Å². The number of nitrogens with one attached hydrogen (secondary N) is 2. The predicted molar refractivity (Wildman–Crippen MR) is 88.0 cm³/mol. The molecule has 1 amide bonds. The number of carbonyl (C=O) groups is 1. The average molecular weight is 351 g/mol. The molecule has 3 atom stereocenters. The minimum absolute atomic E-state index is 0.0732. The van der Waals surface area contributed by atoms with Crippen molar-refractivity contribution in [1.29, 1.82) is 0 Å². The summed E-state index contributed by atoms with van der Waals surface area (Å²) in [7, 11) is 0. The summed E-state index contributed by atoms with van der Waals surface area (Å²) in [6.07, 6.45) is 5.58. The van der Waals surface area contributed by atoms with Gasteiger partial charge >= 0.3 is 0 Å². The van der Waals surface area contributed by atoms with Crippen LogP contribution in [-0.4, -0.2) is 18.0 Å². The van der Waals surface area contributed by atoms with E-state index in [2.05, 4.69) is 38.7 Å². The molecule has 2 unspecified atom stereocenters. The molecular formula is C17H23BrN2O. The van der Waals surface area contributed by atoms with Crippen LogP contribution in [0.15, 0.2) is 28.7 Å². The van der Waals surface area contributed by atoms with Crippen molar-refractivity contribution in [3.8, 4) is 0 Å². The van der Waals surface area contributed by atoms with Gasteiger partial charge in [-0.15, -0.1) is 0 Å². The summed E-state index contributed by atoms with van der Waals surface area (Å²) in [5.74, 6) is 0.748. The summed E-state index contributed by atoms with van der Waals surface area (Å²) in [5, 5.41) is 6.77. The lowest BCUT2D eigenvalue weighted by Crippen LogP contribution is -2.40. The molecule has 2 bridgehead atoms. The molecule has 2 aliphatic rings. The summed E-state index contributed by atoms with van der Waals surface area (Å²) < 4.78 is 1.06. The van der Waals surface area contributed by atoms with Crippen molar-refractivity contribution in [2.24, 2.45) is 5.92 Å². The second kappa shape index (κ2) is 6.49. The number of fused-ring (bicyclic) bond motifs is 2. The van der Waals surface area contributed by atoms with E-state index >= 15 is 0 Å². The van der Waals surface area contributed by atoms with Crippen LogP contribution in [-0.2, 0) is 4.79 Å². The van der Waals surface area contributed by atoms with E-state index in [-0.39, 0.29) is 11.9 Å². The normalized spacial score (nSPS) is 29.1. The number of hydrogen-bond donors (Lipinski definition) is 2. The highest BCUT2D eigenvalue weighted by molar-refractivity contribution is 9.10. The number of amides is 1. The Hall–Kier alpha value is -0.870. The first-order valence-corrected chi connectivity index (χ1v) is 8.70. The highest BCUT2D eigenvalue weighted by atomic mass is 79.9. The van der Waals surface area contributed by atoms with Gasteiger partial charge in [-0.3, -0.25) is 4.79 Å². The predicted octanol–water partition coefficient (Wildman–Crippen LogP) is 3.55. The van der Waals surface area contributed by atoms with Gasteiger partial charge in [-0.1, -0.05) is 28.1 Å². The van der Waals surface area contributed by atoms with Crippen molar-refractivity contribution in [2.45, 2.75) is 57.2 Å². The molecule has 0 radical (unpaired) electrons. The Bertz CT molecular complexity index is 490. The topological polar surface area (TPSA) is 41.1 Å². The number of benzene rings is 1. The summed E-state index contributed by atoms with van der Waals surface area (Å²) >= 11 is 3.44. The quantitative estimate of drug-likeness (QED) is 0.871. The summed E-state index contributed by atoms with van der Waals surface area (Å²) in [6, 6.07) is 9.53. The van der Waals surface area contributed by atoms with Gasteiger partial charge in [0, 0.05) is 23.0 Å². The number of hydrogen-bond acceptors (Lipinski definition) is 2. The molecule has 0 spiro atoms. The molecule has 0 aliphatic carbocycles. The van der Waals surface area contributed by atoms with E-state index < -0.39 is 0 Å². The average Bonchev–Trinajstić information content (AvgIpc) is 2.78. The fourth-order valence-corrected chi connectivity index (χ4v) is 4.00. The smallest absolute Gasteiger partial charge is 0.220 e. The molecule has 3 nitrogen and oxygen atoms in total. The molecule has 1 aromatic carbocycles. The Morgan fingerprint density at radius 3 is 2.52 bits per heavy atom. The van der Waals surface area contributed by atoms with Crippen LogP contribution in [0.25, 0.3) is 0 Å². The van der Waals surface area contributed by atoms with Gasteiger partial charge < -0.3 is 10.6 Å². The van der Waals surface area contributed by atoms with Crippen LogP contribution in [0.1, 0.15) is 50.6 Å². The van der Waals surface area contributed by atoms with Crippen LogP contribution >= 0.6 is 15.9 Å². The molecule has 21 heavy (non-hydrogen) atoms. The first-order valence-electron chi connectivity index (χ1n) is 7.91. The van der Waals surface area contributed by atoms with Gasteiger partial charge in [0.25, 0.3) is 0 Å². The van der Waals surface area contributed by atoms with Crippen LogP contribution in [0.4, 0.5) is 0 Å². The molecule has 0 saturated carbocycles. The van der Waals surface area contributed by atoms with Crippen LogP contribution < -0.4 is 10.6 Å². The molecule has 2 aliphatic heterocycles.